The molecule has 0 bridgehead atoms. The van der Waals surface area contributed by atoms with E-state index in [4.69, 9.17) is 4.42 Å². The number of hydrogen-bond donors (Lipinski definition) is 2. The van der Waals surface area contributed by atoms with Crippen molar-refractivity contribution in [2.45, 2.75) is 40.3 Å². The van der Waals surface area contributed by atoms with E-state index in [1.165, 1.54) is 10.9 Å². The first-order chi connectivity index (χ1) is 9.61. The molecule has 0 radical (unpaired) electrons. The van der Waals surface area contributed by atoms with Gasteiger partial charge in [-0.2, -0.15) is 0 Å². The summed E-state index contributed by atoms with van der Waals surface area (Å²) >= 11 is 0. The lowest BCUT2D eigenvalue weighted by Crippen LogP contribution is -2.41. The number of para-hydroxylation sites is 1. The van der Waals surface area contributed by atoms with Gasteiger partial charge in [0.1, 0.15) is 17.9 Å². The molecule has 0 unspecified atom stereocenters. The molecule has 0 spiro atoms. The number of hydrogen-bond acceptors (Lipinski definition) is 2. The summed E-state index contributed by atoms with van der Waals surface area (Å²) in [7, 11) is 0. The summed E-state index contributed by atoms with van der Waals surface area (Å²) in [6, 6.07) is 8.45. The molecule has 0 fully saturated rings. The Hall–Kier alpha value is -1.97. The highest BCUT2D eigenvalue weighted by Crippen LogP contribution is 2.25. The summed E-state index contributed by atoms with van der Waals surface area (Å²) < 4.78 is 5.87. The third-order valence-electron chi connectivity index (χ3n) is 3.09. The molecule has 0 saturated carbocycles. The molecule has 0 aliphatic carbocycles. The standard InChI is InChI=1S/C16H23N3O/c1-5-17-16(19-11(2)3)18-10-15-12(4)13-8-6-7-9-14(13)20-15/h6-9,11H,5,10H2,1-4H3,(H2,17,18,19). The van der Waals surface area contributed by atoms with Gasteiger partial charge >= 0.3 is 0 Å². The van der Waals surface area contributed by atoms with Crippen molar-refractivity contribution in [2.24, 2.45) is 4.99 Å². The van der Waals surface area contributed by atoms with Crippen molar-refractivity contribution in [3.63, 3.8) is 0 Å². The fraction of sp³-hybridized carbons (Fsp3) is 0.438. The van der Waals surface area contributed by atoms with Gasteiger partial charge in [-0.15, -0.1) is 0 Å². The monoisotopic (exact) mass is 273 g/mol. The Morgan fingerprint density at radius 2 is 2.05 bits per heavy atom. The third kappa shape index (κ3) is 3.32. The summed E-state index contributed by atoms with van der Waals surface area (Å²) in [5.41, 5.74) is 2.10. The number of furan rings is 1. The molecular formula is C16H23N3O. The molecule has 108 valence electrons. The summed E-state index contributed by atoms with van der Waals surface area (Å²) in [6.45, 7) is 9.72. The Morgan fingerprint density at radius 1 is 1.30 bits per heavy atom. The Bertz CT molecular complexity index is 599. The van der Waals surface area contributed by atoms with Crippen molar-refractivity contribution in [1.29, 1.82) is 0 Å². The minimum absolute atomic E-state index is 0.351. The molecule has 20 heavy (non-hydrogen) atoms. The molecule has 0 amide bonds. The first-order valence-corrected chi connectivity index (χ1v) is 7.13. The summed E-state index contributed by atoms with van der Waals surface area (Å²) in [4.78, 5) is 4.58. The average molecular weight is 273 g/mol. The molecular weight excluding hydrogens is 250 g/mol. The van der Waals surface area contributed by atoms with Crippen LogP contribution in [0.1, 0.15) is 32.1 Å². The normalized spacial score (nSPS) is 12.2. The number of aliphatic imine (C=N–C) groups is 1. The Morgan fingerprint density at radius 3 is 2.70 bits per heavy atom. The van der Waals surface area contributed by atoms with E-state index in [0.717, 1.165) is 23.8 Å². The molecule has 0 aliphatic heterocycles. The zero-order valence-electron chi connectivity index (χ0n) is 12.7. The van der Waals surface area contributed by atoms with E-state index in [1.807, 2.05) is 18.2 Å². The molecule has 2 N–H and O–H groups in total. The van der Waals surface area contributed by atoms with Crippen LogP contribution in [-0.2, 0) is 6.54 Å². The lowest BCUT2D eigenvalue weighted by Gasteiger charge is -2.13. The zero-order valence-corrected chi connectivity index (χ0v) is 12.7. The van der Waals surface area contributed by atoms with E-state index < -0.39 is 0 Å². The van der Waals surface area contributed by atoms with E-state index in [-0.39, 0.29) is 0 Å². The number of rotatable bonds is 4. The van der Waals surface area contributed by atoms with Gasteiger partial charge in [-0.1, -0.05) is 18.2 Å². The molecule has 0 atom stereocenters. The summed E-state index contributed by atoms with van der Waals surface area (Å²) in [5, 5.41) is 7.70. The molecule has 0 aliphatic rings. The maximum atomic E-state index is 5.87. The first-order valence-electron chi connectivity index (χ1n) is 7.13. The van der Waals surface area contributed by atoms with Gasteiger partial charge in [-0.25, -0.2) is 4.99 Å². The molecule has 1 aromatic carbocycles. The smallest absolute Gasteiger partial charge is 0.191 e. The van der Waals surface area contributed by atoms with Crippen LogP contribution in [0, 0.1) is 6.92 Å². The van der Waals surface area contributed by atoms with Crippen LogP contribution in [0.3, 0.4) is 0 Å². The average Bonchev–Trinajstić information content (AvgIpc) is 2.73. The molecule has 1 heterocycles. The van der Waals surface area contributed by atoms with Crippen LogP contribution in [0.25, 0.3) is 11.0 Å². The van der Waals surface area contributed by atoms with Crippen molar-refractivity contribution in [3.8, 4) is 0 Å². The molecule has 0 saturated heterocycles. The quantitative estimate of drug-likeness (QED) is 0.664. The van der Waals surface area contributed by atoms with Crippen molar-refractivity contribution < 1.29 is 4.42 Å². The molecule has 2 aromatic rings. The summed E-state index contributed by atoms with van der Waals surface area (Å²) in [5.74, 6) is 1.74. The largest absolute Gasteiger partial charge is 0.459 e. The number of nitrogens with zero attached hydrogens (tertiary/aromatic N) is 1. The van der Waals surface area contributed by atoms with Crippen LogP contribution in [-0.4, -0.2) is 18.5 Å². The fourth-order valence-electron chi connectivity index (χ4n) is 2.12. The van der Waals surface area contributed by atoms with Gasteiger partial charge < -0.3 is 15.1 Å². The second-order valence-electron chi connectivity index (χ2n) is 5.14. The lowest BCUT2D eigenvalue weighted by atomic mass is 10.1. The maximum Gasteiger partial charge on any atom is 0.191 e. The predicted molar refractivity (Wildman–Crippen MR) is 84.0 cm³/mol. The van der Waals surface area contributed by atoms with Crippen LogP contribution < -0.4 is 10.6 Å². The minimum atomic E-state index is 0.351. The molecule has 1 aromatic heterocycles. The van der Waals surface area contributed by atoms with Crippen LogP contribution >= 0.6 is 0 Å². The van der Waals surface area contributed by atoms with Gasteiger partial charge in [0.2, 0.25) is 0 Å². The Balaban J connectivity index is 2.19. The topological polar surface area (TPSA) is 49.6 Å². The van der Waals surface area contributed by atoms with E-state index in [2.05, 4.69) is 49.4 Å². The number of aryl methyl sites for hydroxylation is 1. The summed E-state index contributed by atoms with van der Waals surface area (Å²) in [6.07, 6.45) is 0. The number of fused-ring (bicyclic) bond motifs is 1. The molecule has 4 nitrogen and oxygen atoms in total. The van der Waals surface area contributed by atoms with E-state index in [1.54, 1.807) is 0 Å². The maximum absolute atomic E-state index is 5.87. The Labute approximate surface area is 120 Å². The van der Waals surface area contributed by atoms with Crippen molar-refractivity contribution in [1.82, 2.24) is 10.6 Å². The van der Waals surface area contributed by atoms with Crippen molar-refractivity contribution in [3.05, 3.63) is 35.6 Å². The minimum Gasteiger partial charge on any atom is -0.459 e. The number of guanidine groups is 1. The van der Waals surface area contributed by atoms with Gasteiger partial charge in [-0.05, 0) is 33.8 Å². The predicted octanol–water partition coefficient (Wildman–Crippen LogP) is 3.20. The van der Waals surface area contributed by atoms with E-state index in [9.17, 15) is 0 Å². The SMILES string of the molecule is CCNC(=NCc1oc2ccccc2c1C)NC(C)C. The first kappa shape index (κ1) is 14.4. The number of benzene rings is 1. The van der Waals surface area contributed by atoms with Crippen LogP contribution in [0.2, 0.25) is 0 Å². The number of nitrogens with one attached hydrogen (secondary N) is 2. The Kier molecular flexibility index (Phi) is 4.66. The fourth-order valence-corrected chi connectivity index (χ4v) is 2.12. The van der Waals surface area contributed by atoms with E-state index in [0.29, 0.717) is 12.6 Å². The van der Waals surface area contributed by atoms with Crippen LogP contribution in [0.15, 0.2) is 33.7 Å². The van der Waals surface area contributed by atoms with Crippen molar-refractivity contribution in [2.75, 3.05) is 6.54 Å². The highest BCUT2D eigenvalue weighted by Gasteiger charge is 2.09. The molecule has 4 heteroatoms. The van der Waals surface area contributed by atoms with Gasteiger partial charge in [0.05, 0.1) is 0 Å². The lowest BCUT2D eigenvalue weighted by molar-refractivity contribution is 0.547. The molecule has 2 rings (SSSR count). The van der Waals surface area contributed by atoms with Gasteiger partial charge in [0.15, 0.2) is 5.96 Å². The van der Waals surface area contributed by atoms with Gasteiger partial charge in [0, 0.05) is 23.5 Å². The second-order valence-corrected chi connectivity index (χ2v) is 5.14. The van der Waals surface area contributed by atoms with Gasteiger partial charge in [0.25, 0.3) is 0 Å². The van der Waals surface area contributed by atoms with Crippen molar-refractivity contribution >= 4 is 16.9 Å². The van der Waals surface area contributed by atoms with E-state index >= 15 is 0 Å². The zero-order chi connectivity index (χ0) is 14.5. The van der Waals surface area contributed by atoms with Crippen LogP contribution in [0.4, 0.5) is 0 Å². The van der Waals surface area contributed by atoms with Crippen LogP contribution in [0.5, 0.6) is 0 Å². The highest BCUT2D eigenvalue weighted by molar-refractivity contribution is 5.82. The third-order valence-corrected chi connectivity index (χ3v) is 3.09. The highest BCUT2D eigenvalue weighted by atomic mass is 16.3. The second kappa shape index (κ2) is 6.46. The van der Waals surface area contributed by atoms with Gasteiger partial charge in [-0.3, -0.25) is 0 Å².